The Morgan fingerprint density at radius 1 is 1.19 bits per heavy atom. The molecule has 0 bridgehead atoms. The molecule has 0 unspecified atom stereocenters. The number of esters is 1. The number of hydrogen-bond donors (Lipinski definition) is 1. The largest absolute Gasteiger partial charge is 0.457 e. The summed E-state index contributed by atoms with van der Waals surface area (Å²) < 4.78 is 5.28. The van der Waals surface area contributed by atoms with E-state index in [4.69, 9.17) is 10.5 Å². The number of carbonyl (C=O) groups excluding carboxylic acids is 1. The maximum Gasteiger partial charge on any atom is 0.346 e. The van der Waals surface area contributed by atoms with E-state index >= 15 is 0 Å². The van der Waals surface area contributed by atoms with Crippen molar-refractivity contribution in [3.8, 4) is 0 Å². The summed E-state index contributed by atoms with van der Waals surface area (Å²) in [7, 11) is 0. The van der Waals surface area contributed by atoms with Crippen molar-refractivity contribution < 1.29 is 14.5 Å². The summed E-state index contributed by atoms with van der Waals surface area (Å²) in [6.45, 7) is 6.72. The van der Waals surface area contributed by atoms with Crippen molar-refractivity contribution in [1.29, 1.82) is 0 Å². The minimum atomic E-state index is -0.427. The lowest BCUT2D eigenvalue weighted by molar-refractivity contribution is -0.360. The molecular formula is C17H21N2O2+. The number of aromatic nitrogens is 1. The van der Waals surface area contributed by atoms with Crippen LogP contribution < -0.4 is 10.7 Å². The molecule has 1 heterocycles. The molecule has 1 aromatic heterocycles. The molecule has 1 aromatic carbocycles. The Morgan fingerprint density at radius 3 is 2.43 bits per heavy atom. The van der Waals surface area contributed by atoms with Crippen LogP contribution in [0.5, 0.6) is 0 Å². The Morgan fingerprint density at radius 2 is 1.86 bits per heavy atom. The van der Waals surface area contributed by atoms with Crippen molar-refractivity contribution in [2.45, 2.75) is 32.8 Å². The van der Waals surface area contributed by atoms with Crippen LogP contribution in [0, 0.1) is 0 Å². The lowest BCUT2D eigenvalue weighted by Gasteiger charge is -2.19. The van der Waals surface area contributed by atoms with Crippen LogP contribution in [0.3, 0.4) is 0 Å². The van der Waals surface area contributed by atoms with Gasteiger partial charge in [-0.25, -0.2) is 9.78 Å². The van der Waals surface area contributed by atoms with Gasteiger partial charge in [0.15, 0.2) is 0 Å². The van der Waals surface area contributed by atoms with Crippen molar-refractivity contribution in [2.24, 2.45) is 0 Å². The van der Waals surface area contributed by atoms with Crippen LogP contribution in [0.15, 0.2) is 42.6 Å². The highest BCUT2D eigenvalue weighted by Crippen LogP contribution is 2.22. The van der Waals surface area contributed by atoms with Gasteiger partial charge in [-0.1, -0.05) is 45.0 Å². The number of aromatic amines is 1. The predicted octanol–water partition coefficient (Wildman–Crippen LogP) is 2.74. The third kappa shape index (κ3) is 3.81. The summed E-state index contributed by atoms with van der Waals surface area (Å²) in [4.78, 5) is 14.7. The average molecular weight is 285 g/mol. The van der Waals surface area contributed by atoms with E-state index in [1.54, 1.807) is 18.3 Å². The number of rotatable bonds is 3. The quantitative estimate of drug-likeness (QED) is 0.882. The molecule has 0 saturated heterocycles. The maximum absolute atomic E-state index is 11.9. The number of hydrogen-bond acceptors (Lipinski definition) is 3. The molecule has 110 valence electrons. The van der Waals surface area contributed by atoms with Gasteiger partial charge >= 0.3 is 5.97 Å². The van der Waals surface area contributed by atoms with Gasteiger partial charge in [0.1, 0.15) is 12.2 Å². The lowest BCUT2D eigenvalue weighted by atomic mass is 9.87. The highest BCUT2D eigenvalue weighted by atomic mass is 16.5. The van der Waals surface area contributed by atoms with Crippen molar-refractivity contribution >= 4 is 11.8 Å². The van der Waals surface area contributed by atoms with Gasteiger partial charge in [0.2, 0.25) is 0 Å². The van der Waals surface area contributed by atoms with Crippen molar-refractivity contribution in [3.05, 3.63) is 59.3 Å². The fourth-order valence-electron chi connectivity index (χ4n) is 1.96. The SMILES string of the molecule is CC(C)(C)c1ccc(COC(=O)c2ccc[nH+]c2N)cc1. The van der Waals surface area contributed by atoms with Crippen molar-refractivity contribution in [1.82, 2.24) is 0 Å². The van der Waals surface area contributed by atoms with Gasteiger partial charge in [-0.3, -0.25) is 5.73 Å². The molecule has 0 aliphatic rings. The minimum Gasteiger partial charge on any atom is -0.457 e. The first kappa shape index (κ1) is 15.0. The molecule has 4 heteroatoms. The summed E-state index contributed by atoms with van der Waals surface area (Å²) >= 11 is 0. The molecule has 0 radical (unpaired) electrons. The number of H-pyrrole nitrogens is 1. The van der Waals surface area contributed by atoms with Gasteiger partial charge in [-0.2, -0.15) is 0 Å². The first-order valence-electron chi connectivity index (χ1n) is 6.90. The third-order valence-corrected chi connectivity index (χ3v) is 3.30. The minimum absolute atomic E-state index is 0.115. The number of carbonyl (C=O) groups is 1. The zero-order valence-electron chi connectivity index (χ0n) is 12.6. The number of nitrogen functional groups attached to an aromatic ring is 1. The number of nitrogens with two attached hydrogens (primary N) is 1. The second-order valence-electron chi connectivity index (χ2n) is 6.02. The summed E-state index contributed by atoms with van der Waals surface area (Å²) in [5, 5.41) is 0. The van der Waals surface area contributed by atoms with Crippen molar-refractivity contribution in [3.63, 3.8) is 0 Å². The Balaban J connectivity index is 2.00. The van der Waals surface area contributed by atoms with E-state index in [0.717, 1.165) is 5.56 Å². The highest BCUT2D eigenvalue weighted by Gasteiger charge is 2.16. The smallest absolute Gasteiger partial charge is 0.346 e. The number of pyridine rings is 1. The number of nitrogens with one attached hydrogen (secondary N) is 1. The molecule has 0 amide bonds. The van der Waals surface area contributed by atoms with Gasteiger partial charge in [0.05, 0.1) is 6.20 Å². The normalized spacial score (nSPS) is 11.2. The van der Waals surface area contributed by atoms with Crippen molar-refractivity contribution in [2.75, 3.05) is 5.73 Å². The Kier molecular flexibility index (Phi) is 4.26. The second-order valence-corrected chi connectivity index (χ2v) is 6.02. The standard InChI is InChI=1S/C17H20N2O2/c1-17(2,3)13-8-6-12(7-9-13)11-21-16(20)14-5-4-10-19-15(14)18/h4-10H,11H2,1-3H3,(H2,18,19)/p+1. The van der Waals surface area contributed by atoms with Gasteiger partial charge in [0, 0.05) is 0 Å². The number of ether oxygens (including phenoxy) is 1. The summed E-state index contributed by atoms with van der Waals surface area (Å²) in [5.74, 6) is -0.116. The first-order valence-corrected chi connectivity index (χ1v) is 6.90. The summed E-state index contributed by atoms with van der Waals surface area (Å²) in [5.41, 5.74) is 8.37. The summed E-state index contributed by atoms with van der Waals surface area (Å²) in [6, 6.07) is 11.4. The molecule has 0 spiro atoms. The molecular weight excluding hydrogens is 264 g/mol. The van der Waals surface area contributed by atoms with Gasteiger partial charge in [0.25, 0.3) is 5.82 Å². The van der Waals surface area contributed by atoms with E-state index in [-0.39, 0.29) is 12.0 Å². The molecule has 2 rings (SSSR count). The van der Waals surface area contributed by atoms with Crippen LogP contribution >= 0.6 is 0 Å². The van der Waals surface area contributed by atoms with E-state index in [0.29, 0.717) is 11.4 Å². The predicted molar refractivity (Wildman–Crippen MR) is 81.7 cm³/mol. The zero-order chi connectivity index (χ0) is 15.5. The van der Waals surface area contributed by atoms with Crippen LogP contribution in [-0.2, 0) is 16.8 Å². The molecule has 0 saturated carbocycles. The molecule has 2 aromatic rings. The first-order chi connectivity index (χ1) is 9.88. The van der Waals surface area contributed by atoms with Gasteiger partial charge in [-0.15, -0.1) is 0 Å². The summed E-state index contributed by atoms with van der Waals surface area (Å²) in [6.07, 6.45) is 1.66. The Bertz CT molecular complexity index is 628. The van der Waals surface area contributed by atoms with Gasteiger partial charge in [-0.05, 0) is 28.7 Å². The van der Waals surface area contributed by atoms with E-state index in [2.05, 4.69) is 37.9 Å². The fraction of sp³-hybridized carbons (Fsp3) is 0.294. The van der Waals surface area contributed by atoms with Gasteiger partial charge < -0.3 is 4.74 Å². The van der Waals surface area contributed by atoms with Crippen LogP contribution in [-0.4, -0.2) is 5.97 Å². The topological polar surface area (TPSA) is 66.5 Å². The second kappa shape index (κ2) is 5.95. The third-order valence-electron chi connectivity index (χ3n) is 3.30. The fourth-order valence-corrected chi connectivity index (χ4v) is 1.96. The molecule has 3 N–H and O–H groups in total. The lowest BCUT2D eigenvalue weighted by Crippen LogP contribution is -2.17. The van der Waals surface area contributed by atoms with Crippen LogP contribution in [0.25, 0.3) is 0 Å². The molecule has 0 aliphatic carbocycles. The molecule has 0 aliphatic heterocycles. The van der Waals surface area contributed by atoms with Crippen LogP contribution in [0.4, 0.5) is 5.82 Å². The monoisotopic (exact) mass is 285 g/mol. The maximum atomic E-state index is 11.9. The van der Waals surface area contributed by atoms with Crippen LogP contribution in [0.2, 0.25) is 0 Å². The van der Waals surface area contributed by atoms with E-state index in [1.165, 1.54) is 5.56 Å². The van der Waals surface area contributed by atoms with Crippen LogP contribution in [0.1, 0.15) is 42.3 Å². The van der Waals surface area contributed by atoms with E-state index in [9.17, 15) is 4.79 Å². The Hall–Kier alpha value is -2.36. The zero-order valence-corrected chi connectivity index (χ0v) is 12.6. The molecule has 0 atom stereocenters. The van der Waals surface area contributed by atoms with E-state index in [1.807, 2.05) is 12.1 Å². The molecule has 4 nitrogen and oxygen atoms in total. The average Bonchev–Trinajstić information content (AvgIpc) is 2.45. The number of benzene rings is 1. The highest BCUT2D eigenvalue weighted by molar-refractivity contribution is 5.93. The molecule has 21 heavy (non-hydrogen) atoms. The Labute approximate surface area is 125 Å². The van der Waals surface area contributed by atoms with E-state index < -0.39 is 5.97 Å². The molecule has 0 fully saturated rings. The number of anilines is 1.